The van der Waals surface area contributed by atoms with E-state index in [9.17, 15) is 9.59 Å². The van der Waals surface area contributed by atoms with Gasteiger partial charge in [0.05, 0.1) is 0 Å². The zero-order valence-electron chi connectivity index (χ0n) is 9.03. The molecule has 0 aromatic heterocycles. The van der Waals surface area contributed by atoms with Gasteiger partial charge in [-0.25, -0.2) is 4.79 Å². The minimum Gasteiger partial charge on any atom is -0.480 e. The Morgan fingerprint density at radius 2 is 1.79 bits per heavy atom. The van der Waals surface area contributed by atoms with E-state index in [2.05, 4.69) is 0 Å². The first kappa shape index (κ1) is 15.2. The van der Waals surface area contributed by atoms with E-state index in [4.69, 9.17) is 9.84 Å². The first-order chi connectivity index (χ1) is 5.72. The minimum absolute atomic E-state index is 0. The van der Waals surface area contributed by atoms with Gasteiger partial charge in [-0.3, -0.25) is 4.79 Å². The van der Waals surface area contributed by atoms with E-state index in [1.165, 1.54) is 7.05 Å². The fourth-order valence-electron chi connectivity index (χ4n) is 0.607. The van der Waals surface area contributed by atoms with Crippen LogP contribution in [0, 0.1) is 0 Å². The maximum atomic E-state index is 11.1. The van der Waals surface area contributed by atoms with Gasteiger partial charge in [-0.05, 0) is 20.8 Å². The number of likely N-dealkylation sites (N-methyl/N-ethyl adjacent to an activating group) is 1. The molecule has 0 heterocycles. The highest BCUT2D eigenvalue weighted by molar-refractivity contribution is 5.76. The van der Waals surface area contributed by atoms with Crippen LogP contribution in [-0.2, 0) is 9.53 Å². The number of ether oxygens (including phenoxy) is 1. The van der Waals surface area contributed by atoms with Gasteiger partial charge in [0.1, 0.15) is 12.1 Å². The highest BCUT2D eigenvalue weighted by Gasteiger charge is 2.20. The molecule has 0 spiro atoms. The molecule has 6 nitrogen and oxygen atoms in total. The molecule has 0 aromatic rings. The Kier molecular flexibility index (Phi) is 5.89. The SMILES string of the molecule is CN(CC(=O)O)C(=O)OC(C)(C)C.N. The van der Waals surface area contributed by atoms with Gasteiger partial charge < -0.3 is 20.9 Å². The third-order valence-corrected chi connectivity index (χ3v) is 1.08. The van der Waals surface area contributed by atoms with E-state index < -0.39 is 17.7 Å². The quantitative estimate of drug-likeness (QED) is 0.704. The molecule has 1 amide bonds. The smallest absolute Gasteiger partial charge is 0.410 e. The molecular weight excluding hydrogens is 188 g/mol. The molecule has 4 N–H and O–H groups in total. The van der Waals surface area contributed by atoms with Gasteiger partial charge in [-0.1, -0.05) is 0 Å². The summed E-state index contributed by atoms with van der Waals surface area (Å²) < 4.78 is 4.92. The van der Waals surface area contributed by atoms with Crippen LogP contribution in [0.2, 0.25) is 0 Å². The highest BCUT2D eigenvalue weighted by atomic mass is 16.6. The first-order valence-electron chi connectivity index (χ1n) is 3.88. The zero-order chi connectivity index (χ0) is 10.6. The second-order valence-electron chi connectivity index (χ2n) is 3.73. The number of hydrogen-bond acceptors (Lipinski definition) is 4. The highest BCUT2D eigenvalue weighted by Crippen LogP contribution is 2.08. The van der Waals surface area contributed by atoms with Crippen molar-refractivity contribution >= 4 is 12.1 Å². The Labute approximate surface area is 83.4 Å². The van der Waals surface area contributed by atoms with Crippen molar-refractivity contribution in [2.45, 2.75) is 26.4 Å². The summed E-state index contributed by atoms with van der Waals surface area (Å²) in [5.41, 5.74) is -0.593. The lowest BCUT2D eigenvalue weighted by atomic mass is 10.2. The normalized spacial score (nSPS) is 10.0. The molecule has 0 unspecified atom stereocenters. The van der Waals surface area contributed by atoms with Crippen molar-refractivity contribution in [1.29, 1.82) is 0 Å². The van der Waals surface area contributed by atoms with Crippen LogP contribution in [0.25, 0.3) is 0 Å². The predicted octanol–water partition coefficient (Wildman–Crippen LogP) is 1.10. The van der Waals surface area contributed by atoms with Gasteiger partial charge in [0.2, 0.25) is 0 Å². The number of hydrogen-bond donors (Lipinski definition) is 2. The fraction of sp³-hybridized carbons (Fsp3) is 0.750. The van der Waals surface area contributed by atoms with E-state index >= 15 is 0 Å². The molecule has 0 rings (SSSR count). The number of carbonyl (C=O) groups excluding carboxylic acids is 1. The molecule has 0 atom stereocenters. The molecule has 0 aliphatic rings. The lowest BCUT2D eigenvalue weighted by Crippen LogP contribution is -2.37. The summed E-state index contributed by atoms with van der Waals surface area (Å²) in [6.07, 6.45) is -0.630. The van der Waals surface area contributed by atoms with Crippen LogP contribution >= 0.6 is 0 Å². The van der Waals surface area contributed by atoms with Crippen molar-refractivity contribution in [3.8, 4) is 0 Å². The molecule has 0 saturated carbocycles. The van der Waals surface area contributed by atoms with Crippen LogP contribution < -0.4 is 6.15 Å². The summed E-state index contributed by atoms with van der Waals surface area (Å²) in [5.74, 6) is -1.06. The van der Waals surface area contributed by atoms with E-state index in [0.29, 0.717) is 0 Å². The number of nitrogens with zero attached hydrogens (tertiary/aromatic N) is 1. The molecule has 0 saturated heterocycles. The Morgan fingerprint density at radius 3 is 2.07 bits per heavy atom. The van der Waals surface area contributed by atoms with Gasteiger partial charge in [-0.2, -0.15) is 0 Å². The predicted molar refractivity (Wildman–Crippen MR) is 51.5 cm³/mol. The van der Waals surface area contributed by atoms with Gasteiger partial charge >= 0.3 is 12.1 Å². The van der Waals surface area contributed by atoms with Gasteiger partial charge in [0.25, 0.3) is 0 Å². The molecule has 0 radical (unpaired) electrons. The third kappa shape index (κ3) is 7.35. The second kappa shape index (κ2) is 5.43. The van der Waals surface area contributed by atoms with Crippen molar-refractivity contribution in [3.63, 3.8) is 0 Å². The minimum atomic E-state index is -1.06. The molecule has 0 aromatic carbocycles. The Balaban J connectivity index is 0. The number of amides is 1. The molecular formula is C8H18N2O4. The van der Waals surface area contributed by atoms with Gasteiger partial charge in [0.15, 0.2) is 0 Å². The monoisotopic (exact) mass is 206 g/mol. The van der Waals surface area contributed by atoms with Crippen LogP contribution in [0.1, 0.15) is 20.8 Å². The van der Waals surface area contributed by atoms with Crippen molar-refractivity contribution in [3.05, 3.63) is 0 Å². The first-order valence-corrected chi connectivity index (χ1v) is 3.88. The number of carbonyl (C=O) groups is 2. The van der Waals surface area contributed by atoms with Crippen molar-refractivity contribution in [1.82, 2.24) is 11.1 Å². The van der Waals surface area contributed by atoms with E-state index in [1.807, 2.05) is 0 Å². The van der Waals surface area contributed by atoms with E-state index in [0.717, 1.165) is 4.90 Å². The van der Waals surface area contributed by atoms with Crippen molar-refractivity contribution < 1.29 is 19.4 Å². The van der Waals surface area contributed by atoms with Crippen LogP contribution in [0.3, 0.4) is 0 Å². The van der Waals surface area contributed by atoms with Crippen molar-refractivity contribution in [2.75, 3.05) is 13.6 Å². The summed E-state index contributed by atoms with van der Waals surface area (Å²) in [6.45, 7) is 4.81. The standard InChI is InChI=1S/C8H15NO4.H3N/c1-8(2,3)13-7(12)9(4)5-6(10)11;/h5H2,1-4H3,(H,10,11);1H3. The van der Waals surface area contributed by atoms with E-state index in [-0.39, 0.29) is 12.7 Å². The number of aliphatic carboxylic acids is 1. The molecule has 0 fully saturated rings. The number of rotatable bonds is 2. The van der Waals surface area contributed by atoms with Crippen LogP contribution in [-0.4, -0.2) is 41.3 Å². The Hall–Kier alpha value is -1.30. The summed E-state index contributed by atoms with van der Waals surface area (Å²) in [5, 5.41) is 8.38. The lowest BCUT2D eigenvalue weighted by molar-refractivity contribution is -0.137. The summed E-state index contributed by atoms with van der Waals surface area (Å²) in [4.78, 5) is 22.4. The topological polar surface area (TPSA) is 102 Å². The van der Waals surface area contributed by atoms with Crippen LogP contribution in [0.15, 0.2) is 0 Å². The fourth-order valence-corrected chi connectivity index (χ4v) is 0.607. The van der Waals surface area contributed by atoms with Gasteiger partial charge in [-0.15, -0.1) is 0 Å². The molecule has 0 bridgehead atoms. The third-order valence-electron chi connectivity index (χ3n) is 1.08. The molecule has 6 heteroatoms. The van der Waals surface area contributed by atoms with E-state index in [1.54, 1.807) is 20.8 Å². The second-order valence-corrected chi connectivity index (χ2v) is 3.73. The maximum Gasteiger partial charge on any atom is 0.410 e. The lowest BCUT2D eigenvalue weighted by Gasteiger charge is -2.23. The average molecular weight is 206 g/mol. The zero-order valence-corrected chi connectivity index (χ0v) is 9.03. The molecule has 0 aliphatic heterocycles. The molecule has 84 valence electrons. The Morgan fingerprint density at radius 1 is 1.36 bits per heavy atom. The van der Waals surface area contributed by atoms with Crippen molar-refractivity contribution in [2.24, 2.45) is 0 Å². The maximum absolute atomic E-state index is 11.1. The number of carboxylic acids is 1. The summed E-state index contributed by atoms with van der Waals surface area (Å²) in [7, 11) is 1.38. The van der Waals surface area contributed by atoms with Gasteiger partial charge in [0, 0.05) is 7.05 Å². The molecule has 14 heavy (non-hydrogen) atoms. The molecule has 0 aliphatic carbocycles. The Bertz CT molecular complexity index is 210. The summed E-state index contributed by atoms with van der Waals surface area (Å²) in [6, 6.07) is 0. The average Bonchev–Trinajstić information content (AvgIpc) is 1.81. The number of carboxylic acid groups (broad SMARTS) is 1. The summed E-state index contributed by atoms with van der Waals surface area (Å²) >= 11 is 0. The largest absolute Gasteiger partial charge is 0.480 e. The van der Waals surface area contributed by atoms with Crippen LogP contribution in [0.4, 0.5) is 4.79 Å². The van der Waals surface area contributed by atoms with Crippen LogP contribution in [0.5, 0.6) is 0 Å².